The van der Waals surface area contributed by atoms with E-state index in [1.807, 2.05) is 0 Å². The summed E-state index contributed by atoms with van der Waals surface area (Å²) in [6.45, 7) is 0. The largest absolute Gasteiger partial charge is 0.497 e. The maximum atomic E-state index is 13.9. The molecule has 0 radical (unpaired) electrons. The summed E-state index contributed by atoms with van der Waals surface area (Å²) in [7, 11) is 1.44. The second-order valence-electron chi connectivity index (χ2n) is 8.81. The van der Waals surface area contributed by atoms with Crippen molar-refractivity contribution < 1.29 is 35.9 Å². The van der Waals surface area contributed by atoms with Gasteiger partial charge in [-0.15, -0.1) is 0 Å². The zero-order valence-corrected chi connectivity index (χ0v) is 20.3. The van der Waals surface area contributed by atoms with Crippen LogP contribution in [-0.4, -0.2) is 13.0 Å². The number of ether oxygens (including phenoxy) is 1. The van der Waals surface area contributed by atoms with E-state index in [2.05, 4.69) is 0 Å². The Morgan fingerprint density at radius 2 is 1.28 bits per heavy atom. The van der Waals surface area contributed by atoms with Crippen molar-refractivity contribution in [3.8, 4) is 5.75 Å². The monoisotopic (exact) mass is 542 g/mol. The molecule has 200 valence electrons. The summed E-state index contributed by atoms with van der Waals surface area (Å²) in [5.41, 5.74) is -0.586. The summed E-state index contributed by atoms with van der Waals surface area (Å²) in [5.74, 6) is -0.0667. The quantitative estimate of drug-likeness (QED) is 0.244. The molecular formula is C29H20F6N2O2. The fraction of sp³-hybridized carbons (Fsp3) is 0.138. The van der Waals surface area contributed by atoms with Crippen molar-refractivity contribution in [3.05, 3.63) is 119 Å². The summed E-state index contributed by atoms with van der Waals surface area (Å²) >= 11 is 0. The van der Waals surface area contributed by atoms with Gasteiger partial charge < -0.3 is 9.64 Å². The molecule has 0 N–H and O–H groups in total. The molecule has 0 spiro atoms. The Labute approximate surface area is 219 Å². The van der Waals surface area contributed by atoms with Crippen LogP contribution in [0.5, 0.6) is 5.75 Å². The molecule has 39 heavy (non-hydrogen) atoms. The van der Waals surface area contributed by atoms with Gasteiger partial charge in [0.2, 0.25) is 0 Å². The molecule has 4 aromatic rings. The van der Waals surface area contributed by atoms with Crippen molar-refractivity contribution >= 4 is 23.0 Å². The van der Waals surface area contributed by atoms with E-state index in [1.165, 1.54) is 41.2 Å². The van der Waals surface area contributed by atoms with Gasteiger partial charge in [0.1, 0.15) is 11.9 Å². The number of nitrogens with zero attached hydrogens (tertiary/aromatic N) is 2. The lowest BCUT2D eigenvalue weighted by molar-refractivity contribution is -0.138. The summed E-state index contributed by atoms with van der Waals surface area (Å²) in [5, 5.41) is 0. The van der Waals surface area contributed by atoms with E-state index in [4.69, 9.17) is 4.74 Å². The fourth-order valence-corrected chi connectivity index (χ4v) is 4.63. The second kappa shape index (κ2) is 9.68. The average molecular weight is 542 g/mol. The number of hydrogen-bond donors (Lipinski definition) is 0. The first-order valence-corrected chi connectivity index (χ1v) is 11.7. The lowest BCUT2D eigenvalue weighted by Gasteiger charge is -2.46. The van der Waals surface area contributed by atoms with Gasteiger partial charge in [-0.2, -0.15) is 26.3 Å². The van der Waals surface area contributed by atoms with Crippen LogP contribution in [0.1, 0.15) is 33.2 Å². The van der Waals surface area contributed by atoms with Gasteiger partial charge in [0.15, 0.2) is 0 Å². The molecule has 1 aliphatic heterocycles. The zero-order chi connectivity index (χ0) is 27.9. The van der Waals surface area contributed by atoms with E-state index in [1.54, 1.807) is 48.5 Å². The molecule has 4 aromatic carbocycles. The molecule has 0 aliphatic carbocycles. The van der Waals surface area contributed by atoms with Gasteiger partial charge in [-0.1, -0.05) is 36.4 Å². The van der Waals surface area contributed by atoms with Crippen LogP contribution < -0.4 is 14.5 Å². The number of alkyl halides is 6. The Kier molecular flexibility index (Phi) is 6.49. The van der Waals surface area contributed by atoms with Gasteiger partial charge in [0.05, 0.1) is 35.2 Å². The molecular weight excluding hydrogens is 522 g/mol. The zero-order valence-electron chi connectivity index (χ0n) is 20.3. The topological polar surface area (TPSA) is 32.8 Å². The molecule has 0 bridgehead atoms. The fourth-order valence-electron chi connectivity index (χ4n) is 4.63. The van der Waals surface area contributed by atoms with E-state index >= 15 is 0 Å². The predicted octanol–water partition coefficient (Wildman–Crippen LogP) is 8.23. The highest BCUT2D eigenvalue weighted by molar-refractivity contribution is 6.13. The number of carbonyl (C=O) groups is 1. The highest BCUT2D eigenvalue weighted by Crippen LogP contribution is 2.47. The van der Waals surface area contributed by atoms with Gasteiger partial charge in [-0.3, -0.25) is 9.69 Å². The molecule has 1 unspecified atom stereocenters. The number of benzene rings is 4. The van der Waals surface area contributed by atoms with Gasteiger partial charge >= 0.3 is 12.4 Å². The number of hydrogen-bond acceptors (Lipinski definition) is 3. The van der Waals surface area contributed by atoms with E-state index in [-0.39, 0.29) is 16.8 Å². The summed E-state index contributed by atoms with van der Waals surface area (Å²) in [4.78, 5) is 16.8. The molecule has 5 rings (SSSR count). The van der Waals surface area contributed by atoms with Crippen molar-refractivity contribution in [2.75, 3.05) is 16.9 Å². The van der Waals surface area contributed by atoms with Crippen LogP contribution in [0.15, 0.2) is 97.1 Å². The highest BCUT2D eigenvalue weighted by Gasteiger charge is 2.42. The minimum absolute atomic E-state index is 0.0996. The number of fused-ring (bicyclic) bond motifs is 1. The van der Waals surface area contributed by atoms with Crippen LogP contribution in [-0.2, 0) is 12.4 Å². The minimum atomic E-state index is -4.64. The Hall–Kier alpha value is -4.47. The SMILES string of the molecule is COc1cccc(N2C(=O)c3ccccc3N(c3cccc(C(F)(F)F)c3)C2c2ccc(C(F)(F)F)cc2)c1. The van der Waals surface area contributed by atoms with Crippen LogP contribution in [0.4, 0.5) is 43.4 Å². The van der Waals surface area contributed by atoms with Crippen molar-refractivity contribution in [1.82, 2.24) is 0 Å². The van der Waals surface area contributed by atoms with Crippen molar-refractivity contribution in [3.63, 3.8) is 0 Å². The van der Waals surface area contributed by atoms with Crippen molar-refractivity contribution in [1.29, 1.82) is 0 Å². The lowest BCUT2D eigenvalue weighted by atomic mass is 9.98. The van der Waals surface area contributed by atoms with Crippen molar-refractivity contribution in [2.24, 2.45) is 0 Å². The number of amides is 1. The number of halogens is 6. The first kappa shape index (κ1) is 26.1. The van der Waals surface area contributed by atoms with E-state index in [9.17, 15) is 31.1 Å². The number of methoxy groups -OCH3 is 1. The van der Waals surface area contributed by atoms with Crippen LogP contribution in [0.3, 0.4) is 0 Å². The second-order valence-corrected chi connectivity index (χ2v) is 8.81. The minimum Gasteiger partial charge on any atom is -0.497 e. The molecule has 10 heteroatoms. The highest BCUT2D eigenvalue weighted by atomic mass is 19.4. The van der Waals surface area contributed by atoms with E-state index in [0.717, 1.165) is 24.3 Å². The van der Waals surface area contributed by atoms with Crippen LogP contribution in [0, 0.1) is 0 Å². The van der Waals surface area contributed by atoms with E-state index < -0.39 is 35.6 Å². The van der Waals surface area contributed by atoms with E-state index in [0.29, 0.717) is 17.1 Å². The Morgan fingerprint density at radius 3 is 1.92 bits per heavy atom. The summed E-state index contributed by atoms with van der Waals surface area (Å²) in [6.07, 6.45) is -10.4. The number of carbonyl (C=O) groups excluding carboxylic acids is 1. The molecule has 0 saturated carbocycles. The first-order valence-electron chi connectivity index (χ1n) is 11.7. The Bertz CT molecular complexity index is 1520. The van der Waals surface area contributed by atoms with Gasteiger partial charge in [-0.05, 0) is 60.2 Å². The maximum Gasteiger partial charge on any atom is 0.416 e. The molecule has 0 saturated heterocycles. The lowest BCUT2D eigenvalue weighted by Crippen LogP contribution is -2.48. The average Bonchev–Trinajstić information content (AvgIpc) is 2.92. The maximum absolute atomic E-state index is 13.9. The smallest absolute Gasteiger partial charge is 0.416 e. The van der Waals surface area contributed by atoms with Crippen LogP contribution >= 0.6 is 0 Å². The number of para-hydroxylation sites is 1. The first-order chi connectivity index (χ1) is 18.5. The van der Waals surface area contributed by atoms with Crippen molar-refractivity contribution in [2.45, 2.75) is 18.5 Å². The molecule has 1 heterocycles. The molecule has 0 fully saturated rings. The normalized spacial score (nSPS) is 15.8. The van der Waals surface area contributed by atoms with Gasteiger partial charge in [0, 0.05) is 11.8 Å². The molecule has 1 amide bonds. The molecule has 4 nitrogen and oxygen atoms in total. The van der Waals surface area contributed by atoms with Gasteiger partial charge in [0.25, 0.3) is 5.91 Å². The summed E-state index contributed by atoms with van der Waals surface area (Å²) < 4.78 is 86.4. The third kappa shape index (κ3) is 4.89. The number of rotatable bonds is 4. The van der Waals surface area contributed by atoms with Gasteiger partial charge in [-0.25, -0.2) is 0 Å². The van der Waals surface area contributed by atoms with Crippen LogP contribution in [0.2, 0.25) is 0 Å². The molecule has 0 aromatic heterocycles. The molecule has 1 atom stereocenters. The van der Waals surface area contributed by atoms with Crippen LogP contribution in [0.25, 0.3) is 0 Å². The Morgan fingerprint density at radius 1 is 0.667 bits per heavy atom. The standard InChI is InChI=1S/C29H20F6N2O2/c1-39-23-9-5-8-22(17-23)37-26(18-12-14-19(15-13-18)28(30,31)32)36(25-11-3-2-10-24(25)27(37)38)21-7-4-6-20(16-21)29(33,34)35/h2-17,26H,1H3. The predicted molar refractivity (Wildman–Crippen MR) is 134 cm³/mol. The summed E-state index contributed by atoms with van der Waals surface area (Å²) in [6, 6.07) is 21.7. The Balaban J connectivity index is 1.79. The molecule has 1 aliphatic rings. The number of anilines is 3. The third-order valence-corrected chi connectivity index (χ3v) is 6.42. The third-order valence-electron chi connectivity index (χ3n) is 6.42.